The molecule has 1 aliphatic heterocycles. The quantitative estimate of drug-likeness (QED) is 0.631. The lowest BCUT2D eigenvalue weighted by Crippen LogP contribution is -2.49. The molecule has 0 spiro atoms. The highest BCUT2D eigenvalue weighted by molar-refractivity contribution is 5.97. The zero-order chi connectivity index (χ0) is 18.9. The number of unbranched alkanes of at least 4 members (excludes halogenated alkanes) is 1. The Morgan fingerprint density at radius 1 is 0.852 bits per heavy atom. The lowest BCUT2D eigenvalue weighted by molar-refractivity contribution is -0.127. The molecule has 1 heterocycles. The maximum atomic E-state index is 13.0. The molecule has 0 aromatic rings. The maximum absolute atomic E-state index is 13.0. The van der Waals surface area contributed by atoms with Crippen LogP contribution >= 0.6 is 0 Å². The molecule has 1 fully saturated rings. The fraction of sp³-hybridized carbons (Fsp3) is 0.875. The van der Waals surface area contributed by atoms with Crippen LogP contribution in [-0.2, 0) is 4.79 Å². The minimum absolute atomic E-state index is 0.206. The van der Waals surface area contributed by atoms with E-state index in [1.54, 1.807) is 0 Å². The van der Waals surface area contributed by atoms with Crippen LogP contribution in [0.15, 0.2) is 11.1 Å². The summed E-state index contributed by atoms with van der Waals surface area (Å²) in [4.78, 5) is 15.2. The Hall–Kier alpha value is -0.830. The molecular weight excluding hydrogens is 332 g/mol. The zero-order valence-corrected chi connectivity index (χ0v) is 17.7. The number of carbonyl (C=O) groups is 1. The van der Waals surface area contributed by atoms with E-state index in [0.717, 1.165) is 32.2 Å². The van der Waals surface area contributed by atoms with Gasteiger partial charge in [0.15, 0.2) is 0 Å². The van der Waals surface area contributed by atoms with Crippen molar-refractivity contribution in [3.05, 3.63) is 11.1 Å². The molecule has 3 heteroatoms. The van der Waals surface area contributed by atoms with Crippen molar-refractivity contribution in [3.63, 3.8) is 0 Å². The van der Waals surface area contributed by atoms with Gasteiger partial charge in [-0.25, -0.2) is 0 Å². The molecule has 0 saturated heterocycles. The Bertz CT molecular complexity index is 487. The van der Waals surface area contributed by atoms with Crippen molar-refractivity contribution in [1.82, 2.24) is 10.2 Å². The lowest BCUT2D eigenvalue weighted by atomic mass is 9.91. The van der Waals surface area contributed by atoms with Crippen molar-refractivity contribution in [3.8, 4) is 0 Å². The molecule has 3 aliphatic rings. The number of rotatable bonds is 5. The van der Waals surface area contributed by atoms with Crippen molar-refractivity contribution in [2.45, 2.75) is 128 Å². The first-order chi connectivity index (χ1) is 13.3. The van der Waals surface area contributed by atoms with Crippen LogP contribution in [0.1, 0.15) is 116 Å². The molecule has 3 nitrogen and oxygen atoms in total. The van der Waals surface area contributed by atoms with E-state index in [-0.39, 0.29) is 6.17 Å². The van der Waals surface area contributed by atoms with Crippen LogP contribution in [0.5, 0.6) is 0 Å². The summed E-state index contributed by atoms with van der Waals surface area (Å²) in [6.07, 6.45) is 22.2. The van der Waals surface area contributed by atoms with E-state index in [2.05, 4.69) is 17.1 Å². The standard InChI is InChI=1S/C24H42N2O/c1-2-3-19-26-23(21-17-13-14-18-22(21)24(26)27)25-20-15-11-9-7-5-4-6-8-10-12-16-20/h20,23,25H,2-19H2,1H3/t23-/m1/s1. The molecule has 1 atom stereocenters. The predicted octanol–water partition coefficient (Wildman–Crippen LogP) is 6.09. The monoisotopic (exact) mass is 374 g/mol. The zero-order valence-electron chi connectivity index (χ0n) is 17.7. The summed E-state index contributed by atoms with van der Waals surface area (Å²) >= 11 is 0. The van der Waals surface area contributed by atoms with Gasteiger partial charge in [-0.1, -0.05) is 71.1 Å². The Morgan fingerprint density at radius 3 is 2.07 bits per heavy atom. The third kappa shape index (κ3) is 5.82. The van der Waals surface area contributed by atoms with Crippen LogP contribution < -0.4 is 5.32 Å². The summed E-state index contributed by atoms with van der Waals surface area (Å²) in [6.45, 7) is 3.15. The molecule has 3 rings (SSSR count). The topological polar surface area (TPSA) is 32.3 Å². The fourth-order valence-corrected chi connectivity index (χ4v) is 5.26. The molecule has 0 aromatic heterocycles. The molecule has 1 amide bonds. The molecule has 0 unspecified atom stereocenters. The highest BCUT2D eigenvalue weighted by Gasteiger charge is 2.39. The van der Waals surface area contributed by atoms with E-state index >= 15 is 0 Å². The summed E-state index contributed by atoms with van der Waals surface area (Å²) in [6, 6.07) is 0.583. The van der Waals surface area contributed by atoms with Crippen molar-refractivity contribution in [2.24, 2.45) is 0 Å². The largest absolute Gasteiger partial charge is 0.319 e. The van der Waals surface area contributed by atoms with Crippen LogP contribution in [0, 0.1) is 0 Å². The van der Waals surface area contributed by atoms with E-state index in [1.807, 2.05) is 0 Å². The third-order valence-corrected chi connectivity index (χ3v) is 6.92. The minimum atomic E-state index is 0.206. The van der Waals surface area contributed by atoms with Crippen LogP contribution in [0.25, 0.3) is 0 Å². The highest BCUT2D eigenvalue weighted by atomic mass is 16.2. The van der Waals surface area contributed by atoms with Crippen LogP contribution in [0.3, 0.4) is 0 Å². The first-order valence-electron chi connectivity index (χ1n) is 12.1. The van der Waals surface area contributed by atoms with Crippen molar-refractivity contribution in [1.29, 1.82) is 0 Å². The van der Waals surface area contributed by atoms with Gasteiger partial charge in [0.1, 0.15) is 6.17 Å². The van der Waals surface area contributed by atoms with Crippen molar-refractivity contribution < 1.29 is 4.79 Å². The number of hydrogen-bond acceptors (Lipinski definition) is 2. The van der Waals surface area contributed by atoms with Crippen molar-refractivity contribution in [2.75, 3.05) is 6.54 Å². The average Bonchev–Trinajstić information content (AvgIpc) is 2.94. The third-order valence-electron chi connectivity index (χ3n) is 6.92. The van der Waals surface area contributed by atoms with Gasteiger partial charge in [-0.2, -0.15) is 0 Å². The lowest BCUT2D eigenvalue weighted by Gasteiger charge is -2.32. The average molecular weight is 375 g/mol. The summed E-state index contributed by atoms with van der Waals surface area (Å²) in [5.74, 6) is 0.351. The van der Waals surface area contributed by atoms with E-state index in [4.69, 9.17) is 0 Å². The number of nitrogens with one attached hydrogen (secondary N) is 1. The van der Waals surface area contributed by atoms with Gasteiger partial charge < -0.3 is 4.90 Å². The Balaban J connectivity index is 1.66. The van der Waals surface area contributed by atoms with E-state index < -0.39 is 0 Å². The summed E-state index contributed by atoms with van der Waals surface area (Å²) in [5.41, 5.74) is 2.62. The second-order valence-electron chi connectivity index (χ2n) is 9.09. The number of amides is 1. The second kappa shape index (κ2) is 11.2. The first kappa shape index (κ1) is 20.9. The summed E-state index contributed by atoms with van der Waals surface area (Å²) < 4.78 is 0. The molecule has 2 aliphatic carbocycles. The molecule has 154 valence electrons. The highest BCUT2D eigenvalue weighted by Crippen LogP contribution is 2.36. The maximum Gasteiger partial charge on any atom is 0.251 e. The molecule has 1 N–H and O–H groups in total. The van der Waals surface area contributed by atoms with Gasteiger partial charge in [0.25, 0.3) is 5.91 Å². The Labute approximate surface area is 167 Å². The second-order valence-corrected chi connectivity index (χ2v) is 9.09. The van der Waals surface area contributed by atoms with Crippen molar-refractivity contribution >= 4 is 5.91 Å². The molecule has 0 aromatic carbocycles. The Morgan fingerprint density at radius 2 is 1.44 bits per heavy atom. The molecule has 0 bridgehead atoms. The summed E-state index contributed by atoms with van der Waals surface area (Å²) in [5, 5.41) is 4.01. The van der Waals surface area contributed by atoms with Gasteiger partial charge in [-0.15, -0.1) is 0 Å². The van der Waals surface area contributed by atoms with E-state index in [1.165, 1.54) is 94.6 Å². The predicted molar refractivity (Wildman–Crippen MR) is 114 cm³/mol. The number of nitrogens with zero attached hydrogens (tertiary/aromatic N) is 1. The van der Waals surface area contributed by atoms with E-state index in [9.17, 15) is 4.79 Å². The number of hydrogen-bond donors (Lipinski definition) is 1. The van der Waals surface area contributed by atoms with Crippen LogP contribution in [-0.4, -0.2) is 29.6 Å². The van der Waals surface area contributed by atoms with Gasteiger partial charge >= 0.3 is 0 Å². The molecule has 1 saturated carbocycles. The van der Waals surface area contributed by atoms with Crippen LogP contribution in [0.4, 0.5) is 0 Å². The molecular formula is C24H42N2O. The molecule has 0 radical (unpaired) electrons. The summed E-state index contributed by atoms with van der Waals surface area (Å²) in [7, 11) is 0. The van der Waals surface area contributed by atoms with Gasteiger partial charge in [-0.3, -0.25) is 10.1 Å². The smallest absolute Gasteiger partial charge is 0.251 e. The first-order valence-corrected chi connectivity index (χ1v) is 12.1. The van der Waals surface area contributed by atoms with Gasteiger partial charge in [0.05, 0.1) is 0 Å². The SMILES string of the molecule is CCCCN1C(=O)C2=C(CCCC2)[C@@H]1NC1CCCCCCCCCCC1. The van der Waals surface area contributed by atoms with E-state index in [0.29, 0.717) is 11.9 Å². The molecule has 27 heavy (non-hydrogen) atoms. The fourth-order valence-electron chi connectivity index (χ4n) is 5.26. The number of carbonyl (C=O) groups excluding carboxylic acids is 1. The Kier molecular flexibility index (Phi) is 8.70. The van der Waals surface area contributed by atoms with Gasteiger partial charge in [0, 0.05) is 18.2 Å². The normalized spacial score (nSPS) is 26.6. The minimum Gasteiger partial charge on any atom is -0.319 e. The van der Waals surface area contributed by atoms with Gasteiger partial charge in [-0.05, 0) is 50.5 Å². The van der Waals surface area contributed by atoms with Gasteiger partial charge in [0.2, 0.25) is 0 Å². The van der Waals surface area contributed by atoms with Crippen LogP contribution in [0.2, 0.25) is 0 Å².